The fourth-order valence-electron chi connectivity index (χ4n) is 3.23. The summed E-state index contributed by atoms with van der Waals surface area (Å²) >= 11 is 0. The topological polar surface area (TPSA) is 43.4 Å². The molecule has 0 aliphatic carbocycles. The first-order valence-electron chi connectivity index (χ1n) is 8.19. The maximum Gasteiger partial charge on any atom is 0.143 e. The summed E-state index contributed by atoms with van der Waals surface area (Å²) in [5, 5.41) is 3.49. The Balaban J connectivity index is 1.68. The van der Waals surface area contributed by atoms with Gasteiger partial charge in [0.25, 0.3) is 0 Å². The Labute approximate surface area is 137 Å². The predicted octanol–water partition coefficient (Wildman–Crippen LogP) is 3.00. The first kappa shape index (κ1) is 16.0. The Morgan fingerprint density at radius 3 is 2.87 bits per heavy atom. The highest BCUT2D eigenvalue weighted by Gasteiger charge is 2.27. The van der Waals surface area contributed by atoms with Crippen molar-refractivity contribution in [3.8, 4) is 5.75 Å². The molecule has 1 N–H and O–H groups in total. The third kappa shape index (κ3) is 4.09. The Kier molecular flexibility index (Phi) is 5.61. The molecule has 2 atom stereocenters. The molecule has 1 aromatic carbocycles. The van der Waals surface area contributed by atoms with Gasteiger partial charge in [-0.25, -0.2) is 0 Å². The summed E-state index contributed by atoms with van der Waals surface area (Å²) in [6.07, 6.45) is 2.92. The smallest absolute Gasteiger partial charge is 0.143 e. The second kappa shape index (κ2) is 8.09. The standard InChI is InChI=1S/C19H24N2O2/c1-22-14-18-19(8-5-10-21-18)23-13-16-12-20-11-9-17(16)15-6-3-2-4-7-15/h2-8,10,16-17,20H,9,11-14H2,1H3. The molecule has 2 aromatic rings. The Morgan fingerprint density at radius 1 is 1.17 bits per heavy atom. The number of nitrogens with one attached hydrogen (secondary N) is 1. The van der Waals surface area contributed by atoms with Gasteiger partial charge in [-0.2, -0.15) is 0 Å². The van der Waals surface area contributed by atoms with Crippen LogP contribution in [0.2, 0.25) is 0 Å². The zero-order valence-electron chi connectivity index (χ0n) is 13.6. The molecule has 0 radical (unpaired) electrons. The van der Waals surface area contributed by atoms with E-state index in [0.29, 0.717) is 25.0 Å². The van der Waals surface area contributed by atoms with Gasteiger partial charge in [-0.15, -0.1) is 0 Å². The quantitative estimate of drug-likeness (QED) is 0.890. The van der Waals surface area contributed by atoms with Crippen LogP contribution >= 0.6 is 0 Å². The minimum Gasteiger partial charge on any atom is -0.491 e. The van der Waals surface area contributed by atoms with Crippen molar-refractivity contribution in [2.24, 2.45) is 5.92 Å². The van der Waals surface area contributed by atoms with E-state index in [9.17, 15) is 0 Å². The monoisotopic (exact) mass is 312 g/mol. The van der Waals surface area contributed by atoms with Crippen LogP contribution in [0.5, 0.6) is 5.75 Å². The Bertz CT molecular complexity index is 603. The fourth-order valence-corrected chi connectivity index (χ4v) is 3.23. The van der Waals surface area contributed by atoms with Crippen LogP contribution in [0.25, 0.3) is 0 Å². The maximum absolute atomic E-state index is 6.10. The lowest BCUT2D eigenvalue weighted by atomic mass is 9.81. The average Bonchev–Trinajstić information content (AvgIpc) is 2.62. The Morgan fingerprint density at radius 2 is 2.04 bits per heavy atom. The number of nitrogens with zero attached hydrogens (tertiary/aromatic N) is 1. The van der Waals surface area contributed by atoms with Gasteiger partial charge >= 0.3 is 0 Å². The van der Waals surface area contributed by atoms with Crippen LogP contribution in [0, 0.1) is 5.92 Å². The number of rotatable bonds is 6. The number of hydrogen-bond donors (Lipinski definition) is 1. The third-order valence-electron chi connectivity index (χ3n) is 4.42. The van der Waals surface area contributed by atoms with Crippen molar-refractivity contribution in [3.63, 3.8) is 0 Å². The molecule has 0 saturated carbocycles. The summed E-state index contributed by atoms with van der Waals surface area (Å²) in [7, 11) is 1.68. The SMILES string of the molecule is COCc1ncccc1OCC1CNCCC1c1ccccc1. The van der Waals surface area contributed by atoms with E-state index in [1.165, 1.54) is 5.56 Å². The van der Waals surface area contributed by atoms with E-state index in [1.54, 1.807) is 13.3 Å². The molecule has 0 amide bonds. The van der Waals surface area contributed by atoms with E-state index in [2.05, 4.69) is 40.6 Å². The van der Waals surface area contributed by atoms with Crippen LogP contribution in [-0.2, 0) is 11.3 Å². The van der Waals surface area contributed by atoms with Crippen molar-refractivity contribution in [1.82, 2.24) is 10.3 Å². The molecule has 23 heavy (non-hydrogen) atoms. The number of piperidine rings is 1. The third-order valence-corrected chi connectivity index (χ3v) is 4.42. The highest BCUT2D eigenvalue weighted by molar-refractivity contribution is 5.26. The minimum atomic E-state index is 0.460. The molecule has 122 valence electrons. The summed E-state index contributed by atoms with van der Waals surface area (Å²) < 4.78 is 11.3. The van der Waals surface area contributed by atoms with Crippen LogP contribution in [0.3, 0.4) is 0 Å². The molecule has 3 rings (SSSR count). The highest BCUT2D eigenvalue weighted by Crippen LogP contribution is 2.31. The molecule has 1 saturated heterocycles. The molecule has 2 unspecified atom stereocenters. The van der Waals surface area contributed by atoms with Crippen molar-refractivity contribution < 1.29 is 9.47 Å². The normalized spacial score (nSPS) is 21.1. The number of aromatic nitrogens is 1. The van der Waals surface area contributed by atoms with Crippen LogP contribution in [0.1, 0.15) is 23.6 Å². The van der Waals surface area contributed by atoms with E-state index in [1.807, 2.05) is 12.1 Å². The van der Waals surface area contributed by atoms with Crippen LogP contribution < -0.4 is 10.1 Å². The summed E-state index contributed by atoms with van der Waals surface area (Å²) in [5.74, 6) is 1.83. The highest BCUT2D eigenvalue weighted by atomic mass is 16.5. The Hall–Kier alpha value is -1.91. The van der Waals surface area contributed by atoms with Crippen LogP contribution in [0.15, 0.2) is 48.7 Å². The van der Waals surface area contributed by atoms with Crippen molar-refractivity contribution in [2.45, 2.75) is 18.9 Å². The molecule has 1 aromatic heterocycles. The van der Waals surface area contributed by atoms with Crippen LogP contribution in [-0.4, -0.2) is 31.8 Å². The molecule has 4 nitrogen and oxygen atoms in total. The van der Waals surface area contributed by atoms with Crippen molar-refractivity contribution in [3.05, 3.63) is 59.9 Å². The van der Waals surface area contributed by atoms with E-state index < -0.39 is 0 Å². The van der Waals surface area contributed by atoms with Gasteiger partial charge in [-0.05, 0) is 36.6 Å². The lowest BCUT2D eigenvalue weighted by Gasteiger charge is -2.32. The molecule has 0 bridgehead atoms. The molecule has 4 heteroatoms. The van der Waals surface area contributed by atoms with E-state index in [-0.39, 0.29) is 0 Å². The second-order valence-electron chi connectivity index (χ2n) is 5.96. The zero-order valence-corrected chi connectivity index (χ0v) is 13.6. The van der Waals surface area contributed by atoms with Gasteiger partial charge in [0.05, 0.1) is 13.2 Å². The molecule has 1 aliphatic rings. The summed E-state index contributed by atoms with van der Waals surface area (Å²) in [4.78, 5) is 4.34. The number of ether oxygens (including phenoxy) is 2. The van der Waals surface area contributed by atoms with E-state index in [4.69, 9.17) is 9.47 Å². The first-order valence-corrected chi connectivity index (χ1v) is 8.19. The number of benzene rings is 1. The van der Waals surface area contributed by atoms with Gasteiger partial charge in [-0.3, -0.25) is 4.98 Å². The predicted molar refractivity (Wildman–Crippen MR) is 90.6 cm³/mol. The molecular weight excluding hydrogens is 288 g/mol. The summed E-state index contributed by atoms with van der Waals surface area (Å²) in [5.41, 5.74) is 2.26. The molecule has 2 heterocycles. The van der Waals surface area contributed by atoms with Gasteiger partial charge in [0, 0.05) is 25.8 Å². The van der Waals surface area contributed by atoms with Crippen molar-refractivity contribution in [1.29, 1.82) is 0 Å². The number of pyridine rings is 1. The maximum atomic E-state index is 6.10. The minimum absolute atomic E-state index is 0.460. The lowest BCUT2D eigenvalue weighted by molar-refractivity contribution is 0.166. The van der Waals surface area contributed by atoms with Gasteiger partial charge in [0.2, 0.25) is 0 Å². The molecule has 1 aliphatic heterocycles. The lowest BCUT2D eigenvalue weighted by Crippen LogP contribution is -2.38. The summed E-state index contributed by atoms with van der Waals surface area (Å²) in [6.45, 7) is 3.22. The van der Waals surface area contributed by atoms with E-state index in [0.717, 1.165) is 31.0 Å². The van der Waals surface area contributed by atoms with Gasteiger partial charge < -0.3 is 14.8 Å². The second-order valence-corrected chi connectivity index (χ2v) is 5.96. The van der Waals surface area contributed by atoms with Crippen molar-refractivity contribution >= 4 is 0 Å². The summed E-state index contributed by atoms with van der Waals surface area (Å²) in [6, 6.07) is 14.6. The van der Waals surface area contributed by atoms with Crippen molar-refractivity contribution in [2.75, 3.05) is 26.8 Å². The van der Waals surface area contributed by atoms with Gasteiger partial charge in [0.15, 0.2) is 0 Å². The zero-order chi connectivity index (χ0) is 15.9. The van der Waals surface area contributed by atoms with Crippen LogP contribution in [0.4, 0.5) is 0 Å². The largest absolute Gasteiger partial charge is 0.491 e. The molecule has 1 fully saturated rings. The fraction of sp³-hybridized carbons (Fsp3) is 0.421. The molecule has 0 spiro atoms. The van der Waals surface area contributed by atoms with Gasteiger partial charge in [-0.1, -0.05) is 30.3 Å². The van der Waals surface area contributed by atoms with Gasteiger partial charge in [0.1, 0.15) is 11.4 Å². The number of methoxy groups -OCH3 is 1. The molecular formula is C19H24N2O2. The van der Waals surface area contributed by atoms with E-state index >= 15 is 0 Å². The first-order chi connectivity index (χ1) is 11.4. The average molecular weight is 312 g/mol. The number of hydrogen-bond acceptors (Lipinski definition) is 4.